The first-order chi connectivity index (χ1) is 12.7. The molecule has 0 bridgehead atoms. The molecule has 0 aromatic heterocycles. The van der Waals surface area contributed by atoms with Gasteiger partial charge in [-0.05, 0) is 49.1 Å². The van der Waals surface area contributed by atoms with Gasteiger partial charge in [0.2, 0.25) is 0 Å². The molecule has 3 rings (SSSR count). The first kappa shape index (κ1) is 20.2. The van der Waals surface area contributed by atoms with Crippen molar-refractivity contribution < 1.29 is 26.3 Å². The van der Waals surface area contributed by atoms with Gasteiger partial charge in [-0.3, -0.25) is 0 Å². The average Bonchev–Trinajstić information content (AvgIpc) is 3.10. The second-order valence-electron chi connectivity index (χ2n) is 6.53. The molecule has 8 heteroatoms. The minimum Gasteiger partial charge on any atom is -0.373 e. The van der Waals surface area contributed by atoms with Gasteiger partial charge in [-0.25, -0.2) is 8.42 Å². The molecule has 0 spiro atoms. The van der Waals surface area contributed by atoms with Crippen molar-refractivity contribution in [3.63, 3.8) is 0 Å². The van der Waals surface area contributed by atoms with E-state index in [1.54, 1.807) is 12.1 Å². The van der Waals surface area contributed by atoms with Gasteiger partial charge in [0.05, 0.1) is 28.4 Å². The molecule has 0 heterocycles. The lowest BCUT2D eigenvalue weighted by molar-refractivity contribution is -0.139. The molecule has 1 fully saturated rings. The molecule has 2 aromatic rings. The summed E-state index contributed by atoms with van der Waals surface area (Å²) in [5.41, 5.74) is -0.219. The molecule has 2 atom stereocenters. The van der Waals surface area contributed by atoms with Crippen molar-refractivity contribution in [1.29, 1.82) is 0 Å². The van der Waals surface area contributed by atoms with E-state index in [2.05, 4.69) is 0 Å². The Balaban J connectivity index is 1.70. The van der Waals surface area contributed by atoms with Crippen molar-refractivity contribution in [2.24, 2.45) is 0 Å². The summed E-state index contributed by atoms with van der Waals surface area (Å²) < 4.78 is 70.9. The molecule has 3 nitrogen and oxygen atoms in total. The Morgan fingerprint density at radius 3 is 2.37 bits per heavy atom. The second kappa shape index (κ2) is 7.81. The SMILES string of the molecule is O=S(=O)(c1ccccc1C(F)(F)F)[C@@H]1CC[C@H](OCc2ccc(Cl)cc2)C1. The molecular formula is C19H18ClF3O3S. The van der Waals surface area contributed by atoms with E-state index in [0.29, 0.717) is 18.1 Å². The summed E-state index contributed by atoms with van der Waals surface area (Å²) in [4.78, 5) is -0.652. The van der Waals surface area contributed by atoms with Gasteiger partial charge >= 0.3 is 6.18 Å². The summed E-state index contributed by atoms with van der Waals surface area (Å²) in [6.07, 6.45) is -4.07. The highest BCUT2D eigenvalue weighted by molar-refractivity contribution is 7.92. The number of ether oxygens (including phenoxy) is 1. The number of halogens is 4. The standard InChI is InChI=1S/C19H18ClF3O3S/c20-14-7-5-13(6-8-14)12-26-15-9-10-16(11-15)27(24,25)18-4-2-1-3-17(18)19(21,22)23/h1-8,15-16H,9-12H2/t15-,16+/m0/s1. The first-order valence-electron chi connectivity index (χ1n) is 8.44. The van der Waals surface area contributed by atoms with Crippen molar-refractivity contribution in [2.45, 2.75) is 48.3 Å². The Morgan fingerprint density at radius 2 is 1.70 bits per heavy atom. The molecular weight excluding hydrogens is 401 g/mol. The van der Waals surface area contributed by atoms with Crippen molar-refractivity contribution in [1.82, 2.24) is 0 Å². The van der Waals surface area contributed by atoms with E-state index in [0.717, 1.165) is 17.7 Å². The van der Waals surface area contributed by atoms with Gasteiger partial charge in [0.15, 0.2) is 9.84 Å². The van der Waals surface area contributed by atoms with Crippen LogP contribution in [0.15, 0.2) is 53.4 Å². The molecule has 146 valence electrons. The number of sulfone groups is 1. The van der Waals surface area contributed by atoms with Gasteiger partial charge in [0.1, 0.15) is 0 Å². The van der Waals surface area contributed by atoms with Crippen molar-refractivity contribution in [3.8, 4) is 0 Å². The van der Waals surface area contributed by atoms with Crippen LogP contribution in [0.2, 0.25) is 5.02 Å². The quantitative estimate of drug-likeness (QED) is 0.664. The third-order valence-corrected chi connectivity index (χ3v) is 7.20. The Bertz CT molecular complexity index is 895. The van der Waals surface area contributed by atoms with E-state index in [-0.39, 0.29) is 18.9 Å². The normalized spacial score (nSPS) is 20.7. The molecule has 0 N–H and O–H groups in total. The van der Waals surface area contributed by atoms with Gasteiger partial charge in [-0.2, -0.15) is 13.2 Å². The minimum atomic E-state index is -4.72. The lowest BCUT2D eigenvalue weighted by Crippen LogP contribution is -2.23. The number of alkyl halides is 3. The fourth-order valence-corrected chi connectivity index (χ4v) is 5.42. The van der Waals surface area contributed by atoms with Crippen LogP contribution in [0.4, 0.5) is 13.2 Å². The minimum absolute atomic E-state index is 0.183. The predicted octanol–water partition coefficient (Wildman–Crippen LogP) is 5.27. The maximum atomic E-state index is 13.2. The number of rotatable bonds is 5. The zero-order valence-corrected chi connectivity index (χ0v) is 15.8. The average molecular weight is 419 g/mol. The summed E-state index contributed by atoms with van der Waals surface area (Å²) in [5, 5.41) is -0.273. The van der Waals surface area contributed by atoms with Crippen LogP contribution in [-0.4, -0.2) is 19.8 Å². The van der Waals surface area contributed by atoms with Gasteiger partial charge in [0.25, 0.3) is 0 Å². The zero-order chi connectivity index (χ0) is 19.7. The summed E-state index contributed by atoms with van der Waals surface area (Å²) in [5.74, 6) is 0. The Kier molecular flexibility index (Phi) is 5.84. The Labute approximate surface area is 161 Å². The van der Waals surface area contributed by atoms with Crippen LogP contribution >= 0.6 is 11.6 Å². The Morgan fingerprint density at radius 1 is 1.04 bits per heavy atom. The van der Waals surface area contributed by atoms with E-state index >= 15 is 0 Å². The highest BCUT2D eigenvalue weighted by atomic mass is 35.5. The predicted molar refractivity (Wildman–Crippen MR) is 96.3 cm³/mol. The maximum absolute atomic E-state index is 13.2. The Hall–Kier alpha value is -1.57. The molecule has 0 saturated heterocycles. The number of hydrogen-bond donors (Lipinski definition) is 0. The molecule has 2 aromatic carbocycles. The van der Waals surface area contributed by atoms with Crippen LogP contribution in [0.3, 0.4) is 0 Å². The summed E-state index contributed by atoms with van der Waals surface area (Å²) in [7, 11) is -4.09. The van der Waals surface area contributed by atoms with Crippen LogP contribution in [-0.2, 0) is 27.4 Å². The highest BCUT2D eigenvalue weighted by Crippen LogP contribution is 2.38. The largest absolute Gasteiger partial charge is 0.417 e. The van der Waals surface area contributed by atoms with E-state index in [1.165, 1.54) is 12.1 Å². The molecule has 0 unspecified atom stereocenters. The molecule has 0 radical (unpaired) electrons. The van der Waals surface area contributed by atoms with Crippen LogP contribution in [0.25, 0.3) is 0 Å². The van der Waals surface area contributed by atoms with Crippen LogP contribution in [0.5, 0.6) is 0 Å². The monoisotopic (exact) mass is 418 g/mol. The fraction of sp³-hybridized carbons (Fsp3) is 0.368. The van der Waals surface area contributed by atoms with Gasteiger partial charge < -0.3 is 4.74 Å². The molecule has 1 saturated carbocycles. The van der Waals surface area contributed by atoms with E-state index in [4.69, 9.17) is 16.3 Å². The van der Waals surface area contributed by atoms with E-state index in [9.17, 15) is 21.6 Å². The lowest BCUT2D eigenvalue weighted by atomic mass is 10.2. The number of benzene rings is 2. The molecule has 1 aliphatic carbocycles. The van der Waals surface area contributed by atoms with Crippen LogP contribution < -0.4 is 0 Å². The number of hydrogen-bond acceptors (Lipinski definition) is 3. The second-order valence-corrected chi connectivity index (χ2v) is 9.17. The topological polar surface area (TPSA) is 43.4 Å². The van der Waals surface area contributed by atoms with Gasteiger partial charge in [-0.1, -0.05) is 35.9 Å². The summed E-state index contributed by atoms with van der Waals surface area (Å²) >= 11 is 5.82. The fourth-order valence-electron chi connectivity index (χ4n) is 3.26. The third kappa shape index (κ3) is 4.65. The molecule has 0 aliphatic heterocycles. The molecule has 27 heavy (non-hydrogen) atoms. The summed E-state index contributed by atoms with van der Waals surface area (Å²) in [6.45, 7) is 0.299. The van der Waals surface area contributed by atoms with Gasteiger partial charge in [0, 0.05) is 5.02 Å². The molecule has 0 amide bonds. The van der Waals surface area contributed by atoms with Gasteiger partial charge in [-0.15, -0.1) is 0 Å². The van der Waals surface area contributed by atoms with E-state index < -0.39 is 31.7 Å². The maximum Gasteiger partial charge on any atom is 0.417 e. The highest BCUT2D eigenvalue weighted by Gasteiger charge is 2.42. The summed E-state index contributed by atoms with van der Waals surface area (Å²) in [6, 6.07) is 11.4. The molecule has 1 aliphatic rings. The lowest BCUT2D eigenvalue weighted by Gasteiger charge is -2.17. The van der Waals surface area contributed by atoms with Crippen molar-refractivity contribution in [2.75, 3.05) is 0 Å². The third-order valence-electron chi connectivity index (χ3n) is 4.67. The van der Waals surface area contributed by atoms with Crippen LogP contribution in [0.1, 0.15) is 30.4 Å². The first-order valence-corrected chi connectivity index (χ1v) is 10.4. The van der Waals surface area contributed by atoms with E-state index in [1.807, 2.05) is 12.1 Å². The smallest absolute Gasteiger partial charge is 0.373 e. The van der Waals surface area contributed by atoms with Crippen molar-refractivity contribution in [3.05, 3.63) is 64.7 Å². The van der Waals surface area contributed by atoms with Crippen molar-refractivity contribution >= 4 is 21.4 Å². The van der Waals surface area contributed by atoms with Crippen LogP contribution in [0, 0.1) is 0 Å². The zero-order valence-electron chi connectivity index (χ0n) is 14.2.